The van der Waals surface area contributed by atoms with Gasteiger partial charge in [-0.15, -0.1) is 0 Å². The summed E-state index contributed by atoms with van der Waals surface area (Å²) in [6, 6.07) is 11.9. The average Bonchev–Trinajstić information content (AvgIpc) is 3.08. The maximum atomic E-state index is 13.5. The molecule has 4 rings (SSSR count). The van der Waals surface area contributed by atoms with Crippen molar-refractivity contribution in [1.82, 2.24) is 10.4 Å². The first-order valence-electron chi connectivity index (χ1n) is 8.81. The summed E-state index contributed by atoms with van der Waals surface area (Å²) in [5.74, 6) is -0.0575. The van der Waals surface area contributed by atoms with Gasteiger partial charge in [0.2, 0.25) is 0 Å². The topological polar surface area (TPSA) is 53.9 Å². The number of halogens is 2. The summed E-state index contributed by atoms with van der Waals surface area (Å²) in [5, 5.41) is 0.250. The third-order valence-electron chi connectivity index (χ3n) is 4.97. The van der Waals surface area contributed by atoms with Crippen LogP contribution < -0.4 is 5.48 Å². The fourth-order valence-electron chi connectivity index (χ4n) is 3.33. The van der Waals surface area contributed by atoms with E-state index < -0.39 is 11.5 Å². The highest BCUT2D eigenvalue weighted by Gasteiger charge is 2.41. The molecular formula is C20H19ClFN3O2. The highest BCUT2D eigenvalue weighted by Crippen LogP contribution is 2.32. The molecule has 1 saturated heterocycles. The first-order valence-corrected chi connectivity index (χ1v) is 9.19. The smallest absolute Gasteiger partial charge is 0.255 e. The van der Waals surface area contributed by atoms with Crippen LogP contribution in [0, 0.1) is 12.7 Å². The molecule has 2 heterocycles. The van der Waals surface area contributed by atoms with Crippen LogP contribution in [0.15, 0.2) is 47.5 Å². The Balaban J connectivity index is 1.46. The van der Waals surface area contributed by atoms with Crippen LogP contribution in [0.5, 0.6) is 0 Å². The second-order valence-corrected chi connectivity index (χ2v) is 7.30. The lowest BCUT2D eigenvalue weighted by atomic mass is 10.00. The second kappa shape index (κ2) is 6.94. The van der Waals surface area contributed by atoms with Crippen LogP contribution in [0.4, 0.5) is 4.39 Å². The number of aryl methyl sites for hydroxylation is 1. The molecule has 1 fully saturated rings. The lowest BCUT2D eigenvalue weighted by molar-refractivity contribution is -0.0849. The summed E-state index contributed by atoms with van der Waals surface area (Å²) < 4.78 is 13.5. The maximum absolute atomic E-state index is 13.5. The van der Waals surface area contributed by atoms with Gasteiger partial charge in [-0.05, 0) is 25.1 Å². The van der Waals surface area contributed by atoms with Gasteiger partial charge in [-0.1, -0.05) is 41.4 Å². The highest BCUT2D eigenvalue weighted by atomic mass is 35.5. The SMILES string of the molecule is Cc1ccc(C2=NC3(CCN(C(=O)c4cc(F)ccc4Cl)CC3)ON2)cc1. The maximum Gasteiger partial charge on any atom is 0.255 e. The molecule has 2 aliphatic rings. The number of rotatable bonds is 2. The number of likely N-dealkylation sites (tertiary alicyclic amines) is 1. The van der Waals surface area contributed by atoms with Gasteiger partial charge in [-0.2, -0.15) is 0 Å². The summed E-state index contributed by atoms with van der Waals surface area (Å²) in [6.07, 6.45) is 1.10. The van der Waals surface area contributed by atoms with Crippen molar-refractivity contribution in [2.24, 2.45) is 4.99 Å². The number of hydroxylamine groups is 1. The highest BCUT2D eigenvalue weighted by molar-refractivity contribution is 6.33. The van der Waals surface area contributed by atoms with E-state index in [9.17, 15) is 9.18 Å². The number of aliphatic imine (C=N–C) groups is 1. The largest absolute Gasteiger partial charge is 0.338 e. The van der Waals surface area contributed by atoms with Gasteiger partial charge in [-0.3, -0.25) is 4.79 Å². The van der Waals surface area contributed by atoms with E-state index in [1.807, 2.05) is 31.2 Å². The van der Waals surface area contributed by atoms with E-state index in [0.717, 1.165) is 5.56 Å². The Bertz CT molecular complexity index is 906. The predicted octanol–water partition coefficient (Wildman–Crippen LogP) is 3.70. The molecule has 2 aromatic rings. The molecule has 7 heteroatoms. The van der Waals surface area contributed by atoms with Crippen LogP contribution in [-0.2, 0) is 4.84 Å². The van der Waals surface area contributed by atoms with E-state index in [1.54, 1.807) is 4.90 Å². The van der Waals surface area contributed by atoms with Crippen LogP contribution >= 0.6 is 11.6 Å². The first kappa shape index (κ1) is 17.9. The first-order chi connectivity index (χ1) is 13.0. The zero-order valence-corrected chi connectivity index (χ0v) is 15.6. The van der Waals surface area contributed by atoms with E-state index in [-0.39, 0.29) is 16.5 Å². The Kier molecular flexibility index (Phi) is 4.61. The van der Waals surface area contributed by atoms with Gasteiger partial charge in [0.05, 0.1) is 10.6 Å². The van der Waals surface area contributed by atoms with E-state index in [4.69, 9.17) is 21.4 Å². The number of hydrogen-bond acceptors (Lipinski definition) is 4. The van der Waals surface area contributed by atoms with Gasteiger partial charge >= 0.3 is 0 Å². The van der Waals surface area contributed by atoms with E-state index >= 15 is 0 Å². The molecule has 0 aliphatic carbocycles. The number of carbonyl (C=O) groups excluding carboxylic acids is 1. The Labute approximate surface area is 161 Å². The Morgan fingerprint density at radius 1 is 1.22 bits per heavy atom. The van der Waals surface area contributed by atoms with Gasteiger partial charge in [0.25, 0.3) is 5.91 Å². The molecule has 0 radical (unpaired) electrons. The molecule has 1 N–H and O–H groups in total. The molecule has 2 aromatic carbocycles. The van der Waals surface area contributed by atoms with Crippen LogP contribution in [0.25, 0.3) is 0 Å². The molecule has 0 atom stereocenters. The number of carbonyl (C=O) groups is 1. The Morgan fingerprint density at radius 2 is 1.93 bits per heavy atom. The number of piperidine rings is 1. The summed E-state index contributed by atoms with van der Waals surface area (Å²) in [7, 11) is 0. The second-order valence-electron chi connectivity index (χ2n) is 6.89. The number of nitrogens with zero attached hydrogens (tertiary/aromatic N) is 2. The number of amides is 1. The fourth-order valence-corrected chi connectivity index (χ4v) is 3.53. The van der Waals surface area contributed by atoms with Gasteiger partial charge in [0, 0.05) is 31.5 Å². The van der Waals surface area contributed by atoms with Crippen molar-refractivity contribution in [3.05, 3.63) is 70.0 Å². The van der Waals surface area contributed by atoms with Crippen LogP contribution in [0.3, 0.4) is 0 Å². The zero-order valence-electron chi connectivity index (χ0n) is 14.8. The van der Waals surface area contributed by atoms with E-state index in [0.29, 0.717) is 31.8 Å². The average molecular weight is 388 g/mol. The van der Waals surface area contributed by atoms with Crippen LogP contribution in [0.1, 0.15) is 34.3 Å². The summed E-state index contributed by atoms with van der Waals surface area (Å²) in [4.78, 5) is 24.9. The summed E-state index contributed by atoms with van der Waals surface area (Å²) in [5.41, 5.74) is 4.56. The number of hydrogen-bond donors (Lipinski definition) is 1. The van der Waals surface area contributed by atoms with Crippen molar-refractivity contribution in [2.75, 3.05) is 13.1 Å². The van der Waals surface area contributed by atoms with Gasteiger partial charge in [0.15, 0.2) is 11.6 Å². The van der Waals surface area contributed by atoms with Crippen molar-refractivity contribution in [3.8, 4) is 0 Å². The molecule has 0 saturated carbocycles. The lowest BCUT2D eigenvalue weighted by Crippen LogP contribution is -2.46. The lowest BCUT2D eigenvalue weighted by Gasteiger charge is -2.35. The summed E-state index contributed by atoms with van der Waals surface area (Å²) >= 11 is 6.06. The van der Waals surface area contributed by atoms with E-state index in [1.165, 1.54) is 23.8 Å². The van der Waals surface area contributed by atoms with Crippen molar-refractivity contribution >= 4 is 23.3 Å². The van der Waals surface area contributed by atoms with Gasteiger partial charge in [-0.25, -0.2) is 19.7 Å². The summed E-state index contributed by atoms with van der Waals surface area (Å²) in [6.45, 7) is 2.94. The fraction of sp³-hybridized carbons (Fsp3) is 0.300. The predicted molar refractivity (Wildman–Crippen MR) is 101 cm³/mol. The zero-order chi connectivity index (χ0) is 19.0. The molecule has 27 heavy (non-hydrogen) atoms. The molecule has 140 valence electrons. The molecule has 0 unspecified atom stereocenters. The number of amidine groups is 1. The minimum Gasteiger partial charge on any atom is -0.338 e. The van der Waals surface area contributed by atoms with Crippen LogP contribution in [-0.4, -0.2) is 35.5 Å². The minimum absolute atomic E-state index is 0.182. The van der Waals surface area contributed by atoms with Crippen molar-refractivity contribution in [3.63, 3.8) is 0 Å². The third-order valence-corrected chi connectivity index (χ3v) is 5.30. The van der Waals surface area contributed by atoms with Crippen molar-refractivity contribution in [2.45, 2.75) is 25.5 Å². The number of nitrogens with one attached hydrogen (secondary N) is 1. The van der Waals surface area contributed by atoms with Crippen molar-refractivity contribution < 1.29 is 14.0 Å². The normalized spacial score (nSPS) is 18.3. The quantitative estimate of drug-likeness (QED) is 0.854. The Morgan fingerprint density at radius 3 is 2.63 bits per heavy atom. The molecular weight excluding hydrogens is 369 g/mol. The van der Waals surface area contributed by atoms with E-state index in [2.05, 4.69) is 5.48 Å². The number of benzene rings is 2. The molecule has 1 spiro atoms. The third kappa shape index (κ3) is 3.55. The standard InChI is InChI=1S/C20H19ClFN3O2/c1-13-2-4-14(5-3-13)18-23-20(27-24-18)8-10-25(11-9-20)19(26)16-12-15(22)6-7-17(16)21/h2-7,12H,8-11H2,1H3,(H,23,24). The molecule has 1 amide bonds. The van der Waals surface area contributed by atoms with Gasteiger partial charge < -0.3 is 4.90 Å². The minimum atomic E-state index is -0.678. The Hall–Kier alpha value is -2.44. The molecule has 2 aliphatic heterocycles. The molecule has 5 nitrogen and oxygen atoms in total. The van der Waals surface area contributed by atoms with Crippen molar-refractivity contribution in [1.29, 1.82) is 0 Å². The molecule has 0 bridgehead atoms. The van der Waals surface area contributed by atoms with Gasteiger partial charge in [0.1, 0.15) is 5.82 Å². The van der Waals surface area contributed by atoms with Crippen LogP contribution in [0.2, 0.25) is 5.02 Å². The monoisotopic (exact) mass is 387 g/mol. The molecule has 0 aromatic heterocycles.